The summed E-state index contributed by atoms with van der Waals surface area (Å²) in [4.78, 5) is 13.9. The van der Waals surface area contributed by atoms with Gasteiger partial charge < -0.3 is 15.7 Å². The predicted octanol–water partition coefficient (Wildman–Crippen LogP) is 0.879. The van der Waals surface area contributed by atoms with Gasteiger partial charge in [-0.25, -0.2) is 0 Å². The molecule has 1 unspecified atom stereocenters. The molecule has 4 nitrogen and oxygen atoms in total. The van der Waals surface area contributed by atoms with Gasteiger partial charge in [-0.15, -0.1) is 0 Å². The number of aliphatic hydroxyl groups excluding tert-OH is 1. The molecule has 94 valence electrons. The van der Waals surface area contributed by atoms with Crippen LogP contribution in [0, 0.1) is 0 Å². The molecular formula is C12H24N2O2. The molecule has 1 saturated heterocycles. The molecule has 1 amide bonds. The standard InChI is InChI=1S/C12H24N2O2/c13-8-3-1-6-12(16)14-9-4-2-5-11(14)7-10-15/h11,15H,1-10,13H2. The van der Waals surface area contributed by atoms with Crippen LogP contribution in [0.3, 0.4) is 0 Å². The largest absolute Gasteiger partial charge is 0.396 e. The fourth-order valence-electron chi connectivity index (χ4n) is 2.34. The first kappa shape index (κ1) is 13.5. The van der Waals surface area contributed by atoms with E-state index in [1.807, 2.05) is 4.90 Å². The van der Waals surface area contributed by atoms with Gasteiger partial charge in [0, 0.05) is 25.6 Å². The number of hydrogen-bond acceptors (Lipinski definition) is 3. The van der Waals surface area contributed by atoms with E-state index in [4.69, 9.17) is 10.8 Å². The molecule has 1 heterocycles. The second kappa shape index (κ2) is 7.63. The number of carbonyl (C=O) groups excluding carboxylic acids is 1. The van der Waals surface area contributed by atoms with Crippen LogP contribution >= 0.6 is 0 Å². The summed E-state index contributed by atoms with van der Waals surface area (Å²) in [6, 6.07) is 0.268. The van der Waals surface area contributed by atoms with Crippen LogP contribution in [0.2, 0.25) is 0 Å². The van der Waals surface area contributed by atoms with Crippen molar-refractivity contribution < 1.29 is 9.90 Å². The number of aliphatic hydroxyl groups is 1. The molecule has 0 aromatic rings. The molecule has 4 heteroatoms. The Morgan fingerprint density at radius 3 is 2.88 bits per heavy atom. The van der Waals surface area contributed by atoms with Crippen LogP contribution in [0.5, 0.6) is 0 Å². The number of amides is 1. The first-order chi connectivity index (χ1) is 7.79. The zero-order valence-corrected chi connectivity index (χ0v) is 10.0. The predicted molar refractivity (Wildman–Crippen MR) is 64.0 cm³/mol. The van der Waals surface area contributed by atoms with Crippen molar-refractivity contribution in [2.45, 2.75) is 51.0 Å². The van der Waals surface area contributed by atoms with Crippen molar-refractivity contribution in [1.29, 1.82) is 0 Å². The van der Waals surface area contributed by atoms with Crippen molar-refractivity contribution in [3.05, 3.63) is 0 Å². The van der Waals surface area contributed by atoms with Gasteiger partial charge in [-0.3, -0.25) is 4.79 Å². The normalized spacial score (nSPS) is 21.1. The van der Waals surface area contributed by atoms with Crippen molar-refractivity contribution >= 4 is 5.91 Å². The van der Waals surface area contributed by atoms with Crippen molar-refractivity contribution in [3.8, 4) is 0 Å². The van der Waals surface area contributed by atoms with Crippen molar-refractivity contribution in [3.63, 3.8) is 0 Å². The third kappa shape index (κ3) is 4.10. The Hall–Kier alpha value is -0.610. The van der Waals surface area contributed by atoms with Gasteiger partial charge in [0.15, 0.2) is 0 Å². The molecule has 0 bridgehead atoms. The average molecular weight is 228 g/mol. The number of nitrogens with zero attached hydrogens (tertiary/aromatic N) is 1. The number of rotatable bonds is 6. The van der Waals surface area contributed by atoms with Gasteiger partial charge in [0.1, 0.15) is 0 Å². The van der Waals surface area contributed by atoms with Gasteiger partial charge >= 0.3 is 0 Å². The SMILES string of the molecule is NCCCCC(=O)N1CCCCC1CCO. The average Bonchev–Trinajstić information content (AvgIpc) is 2.30. The third-order valence-corrected chi connectivity index (χ3v) is 3.25. The topological polar surface area (TPSA) is 66.6 Å². The van der Waals surface area contributed by atoms with E-state index < -0.39 is 0 Å². The van der Waals surface area contributed by atoms with Gasteiger partial charge in [0.05, 0.1) is 0 Å². The lowest BCUT2D eigenvalue weighted by Gasteiger charge is -2.35. The zero-order chi connectivity index (χ0) is 11.8. The lowest BCUT2D eigenvalue weighted by atomic mass is 9.99. The molecule has 1 aliphatic heterocycles. The highest BCUT2D eigenvalue weighted by atomic mass is 16.3. The maximum atomic E-state index is 12.0. The molecule has 1 rings (SSSR count). The molecule has 1 fully saturated rings. The van der Waals surface area contributed by atoms with Crippen LogP contribution in [0.4, 0.5) is 0 Å². The number of hydrogen-bond donors (Lipinski definition) is 2. The molecule has 1 aliphatic rings. The Kier molecular flexibility index (Phi) is 6.42. The molecule has 0 aromatic heterocycles. The second-order valence-electron chi connectivity index (χ2n) is 4.49. The lowest BCUT2D eigenvalue weighted by Crippen LogP contribution is -2.44. The van der Waals surface area contributed by atoms with E-state index in [9.17, 15) is 4.79 Å². The van der Waals surface area contributed by atoms with E-state index in [1.165, 1.54) is 6.42 Å². The molecule has 16 heavy (non-hydrogen) atoms. The van der Waals surface area contributed by atoms with Crippen molar-refractivity contribution in [2.24, 2.45) is 5.73 Å². The molecule has 0 spiro atoms. The third-order valence-electron chi connectivity index (χ3n) is 3.25. The molecular weight excluding hydrogens is 204 g/mol. The molecule has 3 N–H and O–H groups in total. The van der Waals surface area contributed by atoms with E-state index in [2.05, 4.69) is 0 Å². The van der Waals surface area contributed by atoms with Gasteiger partial charge in [0.25, 0.3) is 0 Å². The molecule has 0 aliphatic carbocycles. The smallest absolute Gasteiger partial charge is 0.222 e. The Morgan fingerprint density at radius 2 is 2.19 bits per heavy atom. The highest BCUT2D eigenvalue weighted by Gasteiger charge is 2.25. The minimum Gasteiger partial charge on any atom is -0.396 e. The van der Waals surface area contributed by atoms with E-state index in [0.29, 0.717) is 13.0 Å². The minimum atomic E-state index is 0.178. The van der Waals surface area contributed by atoms with Gasteiger partial charge in [-0.2, -0.15) is 0 Å². The fraction of sp³-hybridized carbons (Fsp3) is 0.917. The summed E-state index contributed by atoms with van der Waals surface area (Å²) in [5.41, 5.74) is 5.41. The van der Waals surface area contributed by atoms with E-state index >= 15 is 0 Å². The van der Waals surface area contributed by atoms with Crippen LogP contribution in [-0.2, 0) is 4.79 Å². The zero-order valence-electron chi connectivity index (χ0n) is 10.0. The van der Waals surface area contributed by atoms with Crippen LogP contribution in [-0.4, -0.2) is 41.7 Å². The van der Waals surface area contributed by atoms with Gasteiger partial charge in [0.2, 0.25) is 5.91 Å². The van der Waals surface area contributed by atoms with Gasteiger partial charge in [-0.1, -0.05) is 0 Å². The van der Waals surface area contributed by atoms with Crippen LogP contribution in [0.1, 0.15) is 44.9 Å². The number of likely N-dealkylation sites (tertiary alicyclic amines) is 1. The molecule has 1 atom stereocenters. The van der Waals surface area contributed by atoms with E-state index in [-0.39, 0.29) is 18.6 Å². The summed E-state index contributed by atoms with van der Waals surface area (Å²) in [5.74, 6) is 0.242. The fourth-order valence-corrected chi connectivity index (χ4v) is 2.34. The van der Waals surface area contributed by atoms with Crippen LogP contribution in [0.25, 0.3) is 0 Å². The summed E-state index contributed by atoms with van der Waals surface area (Å²) >= 11 is 0. The molecule has 0 aromatic carbocycles. The Labute approximate surface area is 97.8 Å². The summed E-state index contributed by atoms with van der Waals surface area (Å²) in [6.07, 6.45) is 6.47. The summed E-state index contributed by atoms with van der Waals surface area (Å²) in [7, 11) is 0. The van der Waals surface area contributed by atoms with Crippen molar-refractivity contribution in [1.82, 2.24) is 4.90 Å². The Balaban J connectivity index is 2.37. The Morgan fingerprint density at radius 1 is 1.38 bits per heavy atom. The van der Waals surface area contributed by atoms with E-state index in [0.717, 1.165) is 38.6 Å². The monoisotopic (exact) mass is 228 g/mol. The van der Waals surface area contributed by atoms with Gasteiger partial charge in [-0.05, 0) is 45.1 Å². The number of piperidine rings is 1. The quantitative estimate of drug-likeness (QED) is 0.663. The summed E-state index contributed by atoms with van der Waals surface area (Å²) in [5, 5.41) is 8.98. The maximum Gasteiger partial charge on any atom is 0.222 e. The van der Waals surface area contributed by atoms with Crippen LogP contribution < -0.4 is 5.73 Å². The molecule has 0 radical (unpaired) electrons. The molecule has 0 saturated carbocycles. The van der Waals surface area contributed by atoms with Crippen LogP contribution in [0.15, 0.2) is 0 Å². The highest BCUT2D eigenvalue weighted by molar-refractivity contribution is 5.76. The minimum absolute atomic E-state index is 0.178. The lowest BCUT2D eigenvalue weighted by molar-refractivity contribution is -0.135. The Bertz CT molecular complexity index is 207. The van der Waals surface area contributed by atoms with Crippen molar-refractivity contribution in [2.75, 3.05) is 19.7 Å². The number of unbranched alkanes of at least 4 members (excludes halogenated alkanes) is 1. The first-order valence-corrected chi connectivity index (χ1v) is 6.40. The number of carbonyl (C=O) groups is 1. The first-order valence-electron chi connectivity index (χ1n) is 6.40. The highest BCUT2D eigenvalue weighted by Crippen LogP contribution is 2.20. The second-order valence-corrected chi connectivity index (χ2v) is 4.49. The maximum absolute atomic E-state index is 12.0. The number of nitrogens with two attached hydrogens (primary N) is 1. The summed E-state index contributed by atoms with van der Waals surface area (Å²) < 4.78 is 0. The van der Waals surface area contributed by atoms with E-state index in [1.54, 1.807) is 0 Å². The summed E-state index contributed by atoms with van der Waals surface area (Å²) in [6.45, 7) is 1.71.